The van der Waals surface area contributed by atoms with Crippen molar-refractivity contribution in [2.45, 2.75) is 6.92 Å². The Labute approximate surface area is 127 Å². The molecular formula is C15H17N4OS+. The molecule has 21 heavy (non-hydrogen) atoms. The summed E-state index contributed by atoms with van der Waals surface area (Å²) in [5.41, 5.74) is 3.18. The summed E-state index contributed by atoms with van der Waals surface area (Å²) < 4.78 is 9.27. The second-order valence-corrected chi connectivity index (χ2v) is 5.83. The molecule has 5 nitrogen and oxygen atoms in total. The average Bonchev–Trinajstić information content (AvgIpc) is 2.97. The Morgan fingerprint density at radius 2 is 2.00 bits per heavy atom. The van der Waals surface area contributed by atoms with Gasteiger partial charge in [-0.2, -0.15) is 0 Å². The van der Waals surface area contributed by atoms with Crippen LogP contribution in [-0.2, 0) is 14.1 Å². The van der Waals surface area contributed by atoms with Gasteiger partial charge in [0, 0.05) is 18.1 Å². The van der Waals surface area contributed by atoms with E-state index in [-0.39, 0.29) is 0 Å². The predicted octanol–water partition coefficient (Wildman–Crippen LogP) is 3.80. The fourth-order valence-corrected chi connectivity index (χ4v) is 3.06. The molecule has 0 amide bonds. The van der Waals surface area contributed by atoms with E-state index in [9.17, 15) is 0 Å². The van der Waals surface area contributed by atoms with E-state index in [1.54, 1.807) is 7.11 Å². The molecular weight excluding hydrogens is 284 g/mol. The summed E-state index contributed by atoms with van der Waals surface area (Å²) in [6, 6.07) is 8.23. The molecule has 0 radical (unpaired) electrons. The van der Waals surface area contributed by atoms with E-state index < -0.39 is 0 Å². The van der Waals surface area contributed by atoms with Gasteiger partial charge in [0.05, 0.1) is 24.8 Å². The van der Waals surface area contributed by atoms with Crippen LogP contribution in [0.4, 0.5) is 10.8 Å². The maximum absolute atomic E-state index is 5.22. The third-order valence-electron chi connectivity index (χ3n) is 3.60. The number of para-hydroxylation sites is 1. The summed E-state index contributed by atoms with van der Waals surface area (Å²) >= 11 is 1.47. The van der Waals surface area contributed by atoms with Gasteiger partial charge in [-0.1, -0.05) is 18.2 Å². The molecule has 0 spiro atoms. The van der Waals surface area contributed by atoms with Crippen LogP contribution in [0.15, 0.2) is 40.7 Å². The highest BCUT2D eigenvalue weighted by molar-refractivity contribution is 7.16. The summed E-state index contributed by atoms with van der Waals surface area (Å²) in [4.78, 5) is 0. The van der Waals surface area contributed by atoms with Crippen molar-refractivity contribution in [1.29, 1.82) is 0 Å². The minimum Gasteiger partial charge on any atom is -0.484 e. The fourth-order valence-electron chi connectivity index (χ4n) is 2.31. The molecule has 3 aromatic rings. The molecule has 108 valence electrons. The molecule has 0 unspecified atom stereocenters. The number of methoxy groups -OCH3 is 1. The average molecular weight is 301 g/mol. The van der Waals surface area contributed by atoms with E-state index in [4.69, 9.17) is 4.74 Å². The van der Waals surface area contributed by atoms with Gasteiger partial charge in [0.1, 0.15) is 11.9 Å². The van der Waals surface area contributed by atoms with Gasteiger partial charge in [0.2, 0.25) is 5.06 Å². The van der Waals surface area contributed by atoms with Crippen LogP contribution in [0.3, 0.4) is 0 Å². The fraction of sp³-hybridized carbons (Fsp3) is 0.267. The third-order valence-corrected chi connectivity index (χ3v) is 4.62. The van der Waals surface area contributed by atoms with Crippen molar-refractivity contribution >= 4 is 33.1 Å². The second kappa shape index (κ2) is 5.29. The van der Waals surface area contributed by atoms with Gasteiger partial charge in [0.15, 0.2) is 0 Å². The number of azo groups is 1. The van der Waals surface area contributed by atoms with Crippen molar-refractivity contribution in [1.82, 2.24) is 4.57 Å². The molecule has 2 aromatic heterocycles. The summed E-state index contributed by atoms with van der Waals surface area (Å²) in [5.74, 6) is 0. The first-order valence-corrected chi connectivity index (χ1v) is 7.42. The van der Waals surface area contributed by atoms with E-state index in [1.165, 1.54) is 11.3 Å². The number of fused-ring (bicyclic) bond motifs is 1. The highest BCUT2D eigenvalue weighted by Gasteiger charge is 2.16. The first kappa shape index (κ1) is 13.8. The number of thiazole rings is 1. The Hall–Kier alpha value is -2.21. The van der Waals surface area contributed by atoms with E-state index in [2.05, 4.69) is 33.9 Å². The van der Waals surface area contributed by atoms with Gasteiger partial charge in [-0.25, -0.2) is 4.57 Å². The normalized spacial score (nSPS) is 11.6. The van der Waals surface area contributed by atoms with Crippen LogP contribution in [-0.4, -0.2) is 11.7 Å². The molecule has 0 aliphatic rings. The number of nitrogens with zero attached hydrogens (tertiary/aromatic N) is 4. The molecule has 6 heteroatoms. The lowest BCUT2D eigenvalue weighted by Gasteiger charge is -1.96. The molecule has 0 aliphatic carbocycles. The second-order valence-electron chi connectivity index (χ2n) is 4.86. The number of rotatable bonds is 3. The highest BCUT2D eigenvalue weighted by atomic mass is 32.1. The van der Waals surface area contributed by atoms with Gasteiger partial charge in [-0.05, 0) is 29.4 Å². The number of benzene rings is 1. The van der Waals surface area contributed by atoms with E-state index in [1.807, 2.05) is 37.0 Å². The topological polar surface area (TPSA) is 42.8 Å². The van der Waals surface area contributed by atoms with Gasteiger partial charge in [-0.15, -0.1) is 0 Å². The van der Waals surface area contributed by atoms with Crippen molar-refractivity contribution in [3.63, 3.8) is 0 Å². The Morgan fingerprint density at radius 1 is 1.24 bits per heavy atom. The van der Waals surface area contributed by atoms with Crippen LogP contribution in [0.2, 0.25) is 0 Å². The maximum Gasteiger partial charge on any atom is 0.411 e. The molecule has 1 aromatic carbocycles. The monoisotopic (exact) mass is 301 g/mol. The Kier molecular flexibility index (Phi) is 3.47. The lowest BCUT2D eigenvalue weighted by Crippen LogP contribution is -2.23. The lowest BCUT2D eigenvalue weighted by atomic mass is 10.2. The number of aryl methyl sites for hydroxylation is 2. The zero-order valence-electron chi connectivity index (χ0n) is 12.5. The van der Waals surface area contributed by atoms with E-state index in [0.29, 0.717) is 0 Å². The van der Waals surface area contributed by atoms with Crippen molar-refractivity contribution < 1.29 is 9.30 Å². The van der Waals surface area contributed by atoms with Gasteiger partial charge >= 0.3 is 5.13 Å². The number of ether oxygens (including phenoxy) is 1. The molecule has 3 rings (SSSR count). The zero-order valence-corrected chi connectivity index (χ0v) is 13.3. The summed E-state index contributed by atoms with van der Waals surface area (Å²) in [6.07, 6.45) is 1.90. The quantitative estimate of drug-likeness (QED) is 0.536. The largest absolute Gasteiger partial charge is 0.484 e. The SMILES string of the molecule is COc1c[n+](C)c(/N=N/c2c(C)n(C)c3ccccc23)s1. The van der Waals surface area contributed by atoms with Crippen LogP contribution in [0, 0.1) is 6.92 Å². The molecule has 0 atom stereocenters. The molecule has 0 bridgehead atoms. The number of hydrogen-bond acceptors (Lipinski definition) is 4. The maximum atomic E-state index is 5.22. The van der Waals surface area contributed by atoms with Crippen LogP contribution in [0.5, 0.6) is 5.06 Å². The first-order chi connectivity index (χ1) is 10.1. The molecule has 0 saturated carbocycles. The van der Waals surface area contributed by atoms with Crippen molar-refractivity contribution in [3.8, 4) is 5.06 Å². The summed E-state index contributed by atoms with van der Waals surface area (Å²) in [6.45, 7) is 2.06. The van der Waals surface area contributed by atoms with Gasteiger partial charge < -0.3 is 9.30 Å². The predicted molar refractivity (Wildman–Crippen MR) is 83.9 cm³/mol. The van der Waals surface area contributed by atoms with Gasteiger partial charge in [0.25, 0.3) is 0 Å². The van der Waals surface area contributed by atoms with Crippen molar-refractivity contribution in [2.24, 2.45) is 24.3 Å². The van der Waals surface area contributed by atoms with E-state index in [0.717, 1.165) is 32.5 Å². The zero-order chi connectivity index (χ0) is 15.0. The van der Waals surface area contributed by atoms with Crippen LogP contribution in [0.25, 0.3) is 10.9 Å². The number of hydrogen-bond donors (Lipinski definition) is 0. The minimum atomic E-state index is 0.805. The summed E-state index contributed by atoms with van der Waals surface area (Å²) in [5, 5.41) is 11.6. The molecule has 0 N–H and O–H groups in total. The van der Waals surface area contributed by atoms with Crippen molar-refractivity contribution in [3.05, 3.63) is 36.2 Å². The molecule has 0 aliphatic heterocycles. The first-order valence-electron chi connectivity index (χ1n) is 6.61. The van der Waals surface area contributed by atoms with Crippen LogP contribution in [0.1, 0.15) is 5.69 Å². The van der Waals surface area contributed by atoms with Crippen molar-refractivity contribution in [2.75, 3.05) is 7.11 Å². The summed E-state index contributed by atoms with van der Waals surface area (Å²) in [7, 11) is 5.63. The Morgan fingerprint density at radius 3 is 2.71 bits per heavy atom. The van der Waals surface area contributed by atoms with Gasteiger partial charge in [-0.3, -0.25) is 0 Å². The number of aromatic nitrogens is 2. The molecule has 0 saturated heterocycles. The standard InChI is InChI=1S/C15H17N4OS/c1-10-14(11-7-5-6-8-12(11)19(10)3)16-17-15-18(2)9-13(20-4)21-15/h5-9H,1-4H3/q+1. The highest BCUT2D eigenvalue weighted by Crippen LogP contribution is 2.34. The third kappa shape index (κ3) is 2.31. The van der Waals surface area contributed by atoms with Crippen LogP contribution < -0.4 is 9.30 Å². The minimum absolute atomic E-state index is 0.805. The Bertz CT molecular complexity index is 832. The molecule has 2 heterocycles. The lowest BCUT2D eigenvalue weighted by molar-refractivity contribution is -0.654. The molecule has 0 fully saturated rings. The Balaban J connectivity index is 2.07. The van der Waals surface area contributed by atoms with Crippen LogP contribution >= 0.6 is 11.3 Å². The smallest absolute Gasteiger partial charge is 0.411 e. The van der Waals surface area contributed by atoms with E-state index >= 15 is 0 Å².